The first-order chi connectivity index (χ1) is 36.8. The number of aryl methyl sites for hydroxylation is 1. The van der Waals surface area contributed by atoms with Gasteiger partial charge in [0.1, 0.15) is 49.6 Å². The summed E-state index contributed by atoms with van der Waals surface area (Å²) in [6, 6.07) is 8.41. The zero-order chi connectivity index (χ0) is 56.2. The Bertz CT molecular complexity index is 3570. The van der Waals surface area contributed by atoms with Crippen molar-refractivity contribution in [3.63, 3.8) is 0 Å². The third-order valence-electron chi connectivity index (χ3n) is 12.4. The van der Waals surface area contributed by atoms with Crippen LogP contribution in [0.15, 0.2) is 76.0 Å². The first kappa shape index (κ1) is 57.2. The number of nitrogens with two attached hydrogens (primary N) is 2. The standard InChI is InChI=1S/C38H48N12O24P4/c1-47-16-50(32-24(47)33(55)46-37(40)45-32)34-25(52)18(10-65-2)19(70-34)11-67-76(59,60)73-78(63,64)74-77(61,62)68-13-21-29(75(57,58)66-12-20-26(53)27(54)35(71-20)48-9-8-22(51)44-38(48)56)28(69-17-6-4-3-5-7-17)36(72-21)49-15-43-23-30(39)41-14-42-31(23)49/h3-9,14-16,18-21,25-29,34-36,52-54H,10-13H2,1-2H3,(H9-,39,40,41,42,44,45,46,51,55,56,57,58,59,60,61,62,63,64)/t18-,19-,20-,21?,25-,26-,27-,28-,29-,34-,35-,36-/m1/s1. The van der Waals surface area contributed by atoms with Crippen LogP contribution >= 0.6 is 31.1 Å². The summed E-state index contributed by atoms with van der Waals surface area (Å²) < 4.78 is 112. The molecule has 3 aliphatic heterocycles. The van der Waals surface area contributed by atoms with Crippen molar-refractivity contribution in [2.24, 2.45) is 13.0 Å². The van der Waals surface area contributed by atoms with Gasteiger partial charge >= 0.3 is 34.7 Å². The quantitative estimate of drug-likeness (QED) is 0.0252. The summed E-state index contributed by atoms with van der Waals surface area (Å²) in [6.45, 7) is -3.69. The molecule has 1 aromatic carbocycles. The molecule has 5 aromatic heterocycles. The Labute approximate surface area is 435 Å². The molecule has 0 saturated carbocycles. The predicted molar refractivity (Wildman–Crippen MR) is 254 cm³/mol. The molecule has 424 valence electrons. The number of nitrogen functional groups attached to an aromatic ring is 2. The van der Waals surface area contributed by atoms with Gasteiger partial charge in [-0.05, 0) is 12.1 Å². The summed E-state index contributed by atoms with van der Waals surface area (Å²) in [4.78, 5) is 104. The van der Waals surface area contributed by atoms with Crippen LogP contribution in [0.2, 0.25) is 0 Å². The summed E-state index contributed by atoms with van der Waals surface area (Å²) in [7, 11) is -21.0. The molecule has 3 aliphatic rings. The van der Waals surface area contributed by atoms with Crippen molar-refractivity contribution in [2.45, 2.75) is 67.1 Å². The second-order valence-corrected chi connectivity index (χ2v) is 24.1. The van der Waals surface area contributed by atoms with Gasteiger partial charge in [0.15, 0.2) is 30.0 Å². The summed E-state index contributed by atoms with van der Waals surface area (Å²) in [6.07, 6.45) is -12.3. The average Bonchev–Trinajstić information content (AvgIpc) is 4.27. The third kappa shape index (κ3) is 11.8. The SMILES string of the molecule is COC[C@H]1[C@@H](O)[C@H](n2c[n+](C)c3c(=O)[nH]c(N)nc32)O[C@@H]1COP(=O)(O)OP(=O)(O)OP(=O)(O)OCC1O[C@@H](n2cnc3c(N)ncnc32)[C@H](Oc2ccccc2)[C@@H]1P(=O)([O-])OC[C@H]1O[C@@H](n2ccc(=O)[nH]c2=O)[C@H](O)[C@@H]1O. The lowest BCUT2D eigenvalue weighted by Crippen LogP contribution is -2.42. The number of methoxy groups -OCH3 is 1. The smallest absolute Gasteiger partial charge is 0.490 e. The zero-order valence-corrected chi connectivity index (χ0v) is 43.7. The largest absolute Gasteiger partial charge is 0.778 e. The van der Waals surface area contributed by atoms with Crippen LogP contribution in [0.3, 0.4) is 0 Å². The van der Waals surface area contributed by atoms with Crippen molar-refractivity contribution in [2.75, 3.05) is 45.0 Å². The summed E-state index contributed by atoms with van der Waals surface area (Å²) >= 11 is 0. The van der Waals surface area contributed by atoms with Gasteiger partial charge < -0.3 is 79.1 Å². The van der Waals surface area contributed by atoms with Gasteiger partial charge in [0.25, 0.3) is 16.7 Å². The van der Waals surface area contributed by atoms with E-state index in [1.807, 2.05) is 4.98 Å². The minimum absolute atomic E-state index is 0.00573. The van der Waals surface area contributed by atoms with E-state index >= 15 is 0 Å². The Morgan fingerprint density at radius 1 is 0.744 bits per heavy atom. The normalized spacial score (nSPS) is 29.6. The van der Waals surface area contributed by atoms with Crippen LogP contribution in [0.25, 0.3) is 22.3 Å². The van der Waals surface area contributed by atoms with Crippen molar-refractivity contribution < 1.29 is 104 Å². The fourth-order valence-corrected chi connectivity index (χ4v) is 14.2. The number of aromatic amines is 2. The van der Waals surface area contributed by atoms with Crippen LogP contribution in [0.4, 0.5) is 11.8 Å². The number of rotatable bonds is 21. The number of aliphatic hydroxyl groups excluding tert-OH is 3. The number of H-pyrrole nitrogens is 2. The number of benzene rings is 1. The molecule has 40 heteroatoms. The van der Waals surface area contributed by atoms with E-state index in [1.54, 1.807) is 6.07 Å². The van der Waals surface area contributed by atoms with Gasteiger partial charge in [0.2, 0.25) is 18.5 Å². The Morgan fingerprint density at radius 2 is 1.38 bits per heavy atom. The molecule has 3 fully saturated rings. The van der Waals surface area contributed by atoms with Gasteiger partial charge in [0.05, 0.1) is 57.7 Å². The van der Waals surface area contributed by atoms with E-state index in [4.69, 9.17) is 48.7 Å². The first-order valence-corrected chi connectivity index (χ1v) is 28.7. The van der Waals surface area contributed by atoms with Crippen molar-refractivity contribution in [1.29, 1.82) is 0 Å². The fourth-order valence-electron chi connectivity index (χ4n) is 8.99. The van der Waals surface area contributed by atoms with Crippen molar-refractivity contribution in [3.8, 4) is 5.75 Å². The Hall–Kier alpha value is -5.52. The molecule has 0 amide bonds. The van der Waals surface area contributed by atoms with Gasteiger partial charge in [-0.1, -0.05) is 18.2 Å². The van der Waals surface area contributed by atoms with Gasteiger partial charge in [0, 0.05) is 25.3 Å². The van der Waals surface area contributed by atoms with Crippen LogP contribution in [0.1, 0.15) is 18.7 Å². The number of hydrogen-bond donors (Lipinski definition) is 10. The molecule has 16 atom stereocenters. The number of aromatic nitrogens is 10. The van der Waals surface area contributed by atoms with Gasteiger partial charge in [-0.2, -0.15) is 18.2 Å². The highest BCUT2D eigenvalue weighted by Crippen LogP contribution is 2.68. The number of anilines is 2. The summed E-state index contributed by atoms with van der Waals surface area (Å²) in [5, 5.41) is 33.0. The van der Waals surface area contributed by atoms with E-state index in [0.717, 1.165) is 34.1 Å². The minimum Gasteiger partial charge on any atom is -0.778 e. The predicted octanol–water partition coefficient (Wildman–Crippen LogP) is -3.11. The number of hydrogen-bond acceptors (Lipinski definition) is 27. The maximum Gasteiger partial charge on any atom is 0.490 e. The molecule has 12 N–H and O–H groups in total. The monoisotopic (exact) mass is 1180 g/mol. The molecular formula is C38H48N12O24P4. The Morgan fingerprint density at radius 3 is 2.06 bits per heavy atom. The molecule has 78 heavy (non-hydrogen) atoms. The highest BCUT2D eigenvalue weighted by atomic mass is 31.3. The fraction of sp³-hybridized carbons (Fsp3) is 0.474. The number of nitrogens with one attached hydrogen (secondary N) is 2. The van der Waals surface area contributed by atoms with E-state index < -0.39 is 141 Å². The number of nitrogens with zero attached hydrogens (tertiary/aromatic N) is 8. The maximum atomic E-state index is 14.6. The molecule has 5 unspecified atom stereocenters. The van der Waals surface area contributed by atoms with Crippen LogP contribution < -0.4 is 42.5 Å². The molecule has 6 aromatic rings. The van der Waals surface area contributed by atoms with Crippen molar-refractivity contribution in [1.82, 2.24) is 43.6 Å². The topological polar surface area (TPSA) is 510 Å². The maximum absolute atomic E-state index is 14.6. The number of phosphoric ester groups is 2. The Kier molecular flexibility index (Phi) is 16.3. The molecule has 8 heterocycles. The van der Waals surface area contributed by atoms with E-state index in [2.05, 4.69) is 33.5 Å². The average molecular weight is 1180 g/mol. The lowest BCUT2D eigenvalue weighted by atomic mass is 9.99. The van der Waals surface area contributed by atoms with E-state index in [-0.39, 0.29) is 46.5 Å². The van der Waals surface area contributed by atoms with Gasteiger partial charge in [-0.3, -0.25) is 37.7 Å². The third-order valence-corrected chi connectivity index (χ3v) is 18.5. The number of aliphatic hydroxyl groups is 3. The van der Waals surface area contributed by atoms with Crippen molar-refractivity contribution in [3.05, 3.63) is 92.8 Å². The minimum atomic E-state index is -6.24. The molecule has 0 aliphatic carbocycles. The van der Waals surface area contributed by atoms with Crippen LogP contribution in [0.5, 0.6) is 5.75 Å². The number of imidazole rings is 2. The van der Waals surface area contributed by atoms with Crippen LogP contribution in [-0.2, 0) is 66.4 Å². The molecule has 0 radical (unpaired) electrons. The lowest BCUT2D eigenvalue weighted by molar-refractivity contribution is -0.646. The van der Waals surface area contributed by atoms with Crippen LogP contribution in [0, 0.1) is 5.92 Å². The molecule has 0 bridgehead atoms. The number of para-hydroxylation sites is 1. The summed E-state index contributed by atoms with van der Waals surface area (Å²) in [5.41, 5.74) is 7.07. The number of phosphoric acid groups is 3. The molecule has 3 saturated heterocycles. The lowest BCUT2D eigenvalue weighted by Gasteiger charge is -2.36. The van der Waals surface area contributed by atoms with Gasteiger partial charge in [-0.25, -0.2) is 38.0 Å². The molecular weight excluding hydrogens is 1130 g/mol. The van der Waals surface area contributed by atoms with E-state index in [9.17, 15) is 67.5 Å². The van der Waals surface area contributed by atoms with E-state index in [1.165, 1.54) is 53.9 Å². The van der Waals surface area contributed by atoms with Gasteiger partial charge in [-0.15, -0.1) is 0 Å². The second kappa shape index (κ2) is 22.2. The molecule has 9 rings (SSSR count). The molecule has 36 nitrogen and oxygen atoms in total. The van der Waals surface area contributed by atoms with Crippen molar-refractivity contribution >= 4 is 65.2 Å². The number of fused-ring (bicyclic) bond motifs is 2. The summed E-state index contributed by atoms with van der Waals surface area (Å²) in [5.74, 6) is -1.42. The number of ether oxygens (including phenoxy) is 5. The van der Waals surface area contributed by atoms with Crippen LogP contribution in [-0.4, -0.2) is 156 Å². The Balaban J connectivity index is 0.928. The highest BCUT2D eigenvalue weighted by molar-refractivity contribution is 7.66. The second-order valence-electron chi connectivity index (χ2n) is 17.5. The zero-order valence-electron chi connectivity index (χ0n) is 40.1. The molecule has 0 spiro atoms. The first-order valence-electron chi connectivity index (χ1n) is 22.6. The highest BCUT2D eigenvalue weighted by Gasteiger charge is 2.56. The van der Waals surface area contributed by atoms with E-state index in [0.29, 0.717) is 0 Å².